The number of aromatic nitrogens is 1. The number of halogens is 1. The predicted molar refractivity (Wildman–Crippen MR) is 73.0 cm³/mol. The zero-order valence-corrected chi connectivity index (χ0v) is 11.0. The topological polar surface area (TPSA) is 60.2 Å². The van der Waals surface area contributed by atoms with Crippen LogP contribution in [0.2, 0.25) is 5.02 Å². The van der Waals surface area contributed by atoms with E-state index in [1.54, 1.807) is 12.1 Å². The quantitative estimate of drug-likeness (QED) is 0.658. The summed E-state index contributed by atoms with van der Waals surface area (Å²) in [4.78, 5) is 4.20. The van der Waals surface area contributed by atoms with Gasteiger partial charge < -0.3 is 10.2 Å². The Labute approximate surface area is 111 Å². The summed E-state index contributed by atoms with van der Waals surface area (Å²) < 4.78 is 5.77. The van der Waals surface area contributed by atoms with Crippen molar-refractivity contribution in [3.63, 3.8) is 0 Å². The molecule has 0 radical (unpaired) electrons. The molecule has 0 aliphatic rings. The molecule has 0 fully saturated rings. The first kappa shape index (κ1) is 12.7. The van der Waals surface area contributed by atoms with E-state index in [4.69, 9.17) is 22.2 Å². The van der Waals surface area contributed by atoms with Crippen LogP contribution in [0.5, 0.6) is 11.6 Å². The van der Waals surface area contributed by atoms with Gasteiger partial charge in [-0.3, -0.25) is 0 Å². The first-order valence-corrected chi connectivity index (χ1v) is 5.86. The van der Waals surface area contributed by atoms with Crippen molar-refractivity contribution in [2.75, 3.05) is 5.43 Å². The van der Waals surface area contributed by atoms with E-state index in [1.165, 1.54) is 0 Å². The van der Waals surface area contributed by atoms with E-state index in [-0.39, 0.29) is 0 Å². The van der Waals surface area contributed by atoms with Crippen LogP contribution in [-0.4, -0.2) is 4.98 Å². The molecule has 0 aliphatic heterocycles. The number of hydrogen-bond donors (Lipinski definition) is 2. The van der Waals surface area contributed by atoms with Crippen molar-refractivity contribution in [1.29, 1.82) is 0 Å². The number of hydrazine groups is 1. The second-order valence-electron chi connectivity index (χ2n) is 3.98. The van der Waals surface area contributed by atoms with E-state index in [0.717, 1.165) is 16.9 Å². The van der Waals surface area contributed by atoms with E-state index in [0.29, 0.717) is 16.7 Å². The molecule has 0 unspecified atom stereocenters. The van der Waals surface area contributed by atoms with Gasteiger partial charge in [-0.05, 0) is 43.2 Å². The standard InChI is InChI=1S/C13H14ClN3O/c1-8-6-10(14)7-9(2)13(8)18-12-5-3-4-11(16-12)17-15/h3-7H,15H2,1-2H3,(H,16,17). The van der Waals surface area contributed by atoms with Gasteiger partial charge in [-0.25, -0.2) is 5.84 Å². The van der Waals surface area contributed by atoms with E-state index >= 15 is 0 Å². The van der Waals surface area contributed by atoms with Gasteiger partial charge in [0.25, 0.3) is 0 Å². The van der Waals surface area contributed by atoms with Crippen molar-refractivity contribution in [2.24, 2.45) is 5.84 Å². The van der Waals surface area contributed by atoms with Gasteiger partial charge in [0, 0.05) is 11.1 Å². The van der Waals surface area contributed by atoms with Crippen LogP contribution in [0.25, 0.3) is 0 Å². The molecule has 2 rings (SSSR count). The summed E-state index contributed by atoms with van der Waals surface area (Å²) in [6.45, 7) is 3.89. The van der Waals surface area contributed by atoms with Gasteiger partial charge in [0.2, 0.25) is 5.88 Å². The molecule has 1 aromatic heterocycles. The van der Waals surface area contributed by atoms with Crippen molar-refractivity contribution in [3.8, 4) is 11.6 Å². The molecule has 3 N–H and O–H groups in total. The van der Waals surface area contributed by atoms with Crippen LogP contribution in [0.15, 0.2) is 30.3 Å². The number of nitrogens with two attached hydrogens (primary N) is 1. The Morgan fingerprint density at radius 2 is 1.89 bits per heavy atom. The summed E-state index contributed by atoms with van der Waals surface area (Å²) in [6.07, 6.45) is 0. The number of pyridine rings is 1. The molecular weight excluding hydrogens is 250 g/mol. The summed E-state index contributed by atoms with van der Waals surface area (Å²) in [5.74, 6) is 7.11. The highest BCUT2D eigenvalue weighted by molar-refractivity contribution is 6.30. The lowest BCUT2D eigenvalue weighted by Gasteiger charge is -2.12. The molecule has 2 aromatic rings. The van der Waals surface area contributed by atoms with Gasteiger partial charge >= 0.3 is 0 Å². The number of hydrogen-bond acceptors (Lipinski definition) is 4. The van der Waals surface area contributed by atoms with Crippen LogP contribution in [0.4, 0.5) is 5.82 Å². The van der Waals surface area contributed by atoms with Crippen LogP contribution < -0.4 is 16.0 Å². The normalized spacial score (nSPS) is 10.2. The van der Waals surface area contributed by atoms with Crippen LogP contribution in [0.3, 0.4) is 0 Å². The van der Waals surface area contributed by atoms with Gasteiger partial charge in [-0.15, -0.1) is 0 Å². The molecule has 0 aliphatic carbocycles. The summed E-state index contributed by atoms with van der Waals surface area (Å²) in [5, 5.41) is 0.697. The average molecular weight is 264 g/mol. The molecular formula is C13H14ClN3O. The number of nitrogens with zero attached hydrogens (tertiary/aromatic N) is 1. The first-order chi connectivity index (χ1) is 8.60. The molecule has 0 spiro atoms. The minimum atomic E-state index is 0.485. The van der Waals surface area contributed by atoms with Crippen molar-refractivity contribution in [1.82, 2.24) is 4.98 Å². The van der Waals surface area contributed by atoms with Crippen LogP contribution in [0, 0.1) is 13.8 Å². The van der Waals surface area contributed by atoms with Crippen LogP contribution >= 0.6 is 11.6 Å². The fraction of sp³-hybridized carbons (Fsp3) is 0.154. The average Bonchev–Trinajstić information content (AvgIpc) is 2.34. The van der Waals surface area contributed by atoms with Crippen molar-refractivity contribution in [2.45, 2.75) is 13.8 Å². The van der Waals surface area contributed by atoms with E-state index in [1.807, 2.05) is 32.0 Å². The molecule has 94 valence electrons. The third-order valence-corrected chi connectivity index (χ3v) is 2.72. The summed E-state index contributed by atoms with van der Waals surface area (Å²) in [6, 6.07) is 9.06. The molecule has 1 heterocycles. The Morgan fingerprint density at radius 1 is 1.22 bits per heavy atom. The van der Waals surface area contributed by atoms with Crippen molar-refractivity contribution < 1.29 is 4.74 Å². The Kier molecular flexibility index (Phi) is 3.69. The van der Waals surface area contributed by atoms with Crippen LogP contribution in [0.1, 0.15) is 11.1 Å². The highest BCUT2D eigenvalue weighted by Gasteiger charge is 2.08. The predicted octanol–water partition coefficient (Wildman–Crippen LogP) is 3.43. The highest BCUT2D eigenvalue weighted by atomic mass is 35.5. The lowest BCUT2D eigenvalue weighted by Crippen LogP contribution is -2.08. The third kappa shape index (κ3) is 2.72. The smallest absolute Gasteiger partial charge is 0.221 e. The number of benzene rings is 1. The summed E-state index contributed by atoms with van der Waals surface area (Å²) >= 11 is 5.98. The number of nitrogen functional groups attached to an aromatic ring is 1. The fourth-order valence-electron chi connectivity index (χ4n) is 1.72. The van der Waals surface area contributed by atoms with Crippen LogP contribution in [-0.2, 0) is 0 Å². The number of rotatable bonds is 3. The molecule has 1 aromatic carbocycles. The molecule has 18 heavy (non-hydrogen) atoms. The van der Waals surface area contributed by atoms with Gasteiger partial charge in [0.15, 0.2) is 0 Å². The molecule has 0 atom stereocenters. The number of nitrogens with one attached hydrogen (secondary N) is 1. The maximum atomic E-state index is 5.98. The number of aryl methyl sites for hydroxylation is 2. The maximum Gasteiger partial charge on any atom is 0.221 e. The fourth-order valence-corrected chi connectivity index (χ4v) is 2.04. The Morgan fingerprint density at radius 3 is 2.50 bits per heavy atom. The van der Waals surface area contributed by atoms with Gasteiger partial charge in [0.1, 0.15) is 11.6 Å². The Bertz CT molecular complexity index is 549. The highest BCUT2D eigenvalue weighted by Crippen LogP contribution is 2.30. The monoisotopic (exact) mass is 263 g/mol. The van der Waals surface area contributed by atoms with Gasteiger partial charge in [-0.1, -0.05) is 17.7 Å². The zero-order valence-electron chi connectivity index (χ0n) is 10.2. The maximum absolute atomic E-state index is 5.98. The number of anilines is 1. The molecule has 4 nitrogen and oxygen atoms in total. The largest absolute Gasteiger partial charge is 0.438 e. The first-order valence-electron chi connectivity index (χ1n) is 5.48. The minimum absolute atomic E-state index is 0.485. The van der Waals surface area contributed by atoms with E-state index in [9.17, 15) is 0 Å². The SMILES string of the molecule is Cc1cc(Cl)cc(C)c1Oc1cccc(NN)n1. The van der Waals surface area contributed by atoms with Crippen molar-refractivity contribution in [3.05, 3.63) is 46.5 Å². The number of ether oxygens (including phenoxy) is 1. The lowest BCUT2D eigenvalue weighted by atomic mass is 10.1. The lowest BCUT2D eigenvalue weighted by molar-refractivity contribution is 0.456. The molecule has 0 amide bonds. The molecule has 0 bridgehead atoms. The minimum Gasteiger partial charge on any atom is -0.438 e. The third-order valence-electron chi connectivity index (χ3n) is 2.50. The second-order valence-corrected chi connectivity index (χ2v) is 4.41. The van der Waals surface area contributed by atoms with Gasteiger partial charge in [-0.2, -0.15) is 4.98 Å². The molecule has 0 saturated carbocycles. The molecule has 5 heteroatoms. The van der Waals surface area contributed by atoms with Gasteiger partial charge in [0.05, 0.1) is 0 Å². The zero-order chi connectivity index (χ0) is 13.1. The summed E-state index contributed by atoms with van der Waals surface area (Å²) in [5.41, 5.74) is 4.41. The van der Waals surface area contributed by atoms with Crippen molar-refractivity contribution >= 4 is 17.4 Å². The Balaban J connectivity index is 2.33. The molecule has 0 saturated heterocycles. The summed E-state index contributed by atoms with van der Waals surface area (Å²) in [7, 11) is 0. The second kappa shape index (κ2) is 5.25. The van der Waals surface area contributed by atoms with E-state index in [2.05, 4.69) is 10.4 Å². The van der Waals surface area contributed by atoms with E-state index < -0.39 is 0 Å². The Hall–Kier alpha value is -1.78.